The Balaban J connectivity index is -0.000000245. The maximum Gasteiger partial charge on any atom is 2.00 e. The van der Waals surface area contributed by atoms with E-state index in [0.717, 1.165) is 0 Å². The maximum absolute atomic E-state index is 3.83. The van der Waals surface area contributed by atoms with Gasteiger partial charge in [-0.3, -0.25) is 5.22 Å². The Morgan fingerprint density at radius 3 is 1.70 bits per heavy atom. The molecule has 0 bridgehead atoms. The molecule has 3 nitrogen and oxygen atoms in total. The van der Waals surface area contributed by atoms with E-state index in [9.17, 15) is 0 Å². The van der Waals surface area contributed by atoms with Crippen LogP contribution in [0.4, 0.5) is 0 Å². The zero-order chi connectivity index (χ0) is 6.62. The Morgan fingerprint density at radius 2 is 1.60 bits per heavy atom. The van der Waals surface area contributed by atoms with Crippen molar-refractivity contribution in [3.8, 4) is 0 Å². The average Bonchev–Trinajstić information content (AvgIpc) is 1.59. The second kappa shape index (κ2) is 7.13. The molecule has 4 heteroatoms. The summed E-state index contributed by atoms with van der Waals surface area (Å²) in [5.74, 6) is 0. The van der Waals surface area contributed by atoms with Gasteiger partial charge in [-0.1, -0.05) is 20.8 Å². The molecule has 0 heterocycles. The fourth-order valence-electron chi connectivity index (χ4n) is 0.179. The molecule has 0 fully saturated rings. The molecular formula is C6H15N3Ru. The van der Waals surface area contributed by atoms with E-state index in [1.54, 1.807) is 7.05 Å². The Bertz CT molecular complexity index is 85.5. The summed E-state index contributed by atoms with van der Waals surface area (Å²) in [6.45, 7) is 5.92. The summed E-state index contributed by atoms with van der Waals surface area (Å²) in [6, 6.07) is 0. The van der Waals surface area contributed by atoms with Crippen molar-refractivity contribution in [2.24, 2.45) is 10.3 Å². The van der Waals surface area contributed by atoms with Crippen LogP contribution in [0.15, 0.2) is 10.3 Å². The van der Waals surface area contributed by atoms with Crippen LogP contribution >= 0.6 is 0 Å². The second-order valence-corrected chi connectivity index (χ2v) is 2.56. The molecular weight excluding hydrogens is 215 g/mol. The van der Waals surface area contributed by atoms with Crippen LogP contribution in [-0.4, -0.2) is 12.6 Å². The first-order valence-corrected chi connectivity index (χ1v) is 2.57. The summed E-state index contributed by atoms with van der Waals surface area (Å²) in [7, 11) is 1.61. The predicted octanol–water partition coefficient (Wildman–Crippen LogP) is 2.60. The molecule has 0 amide bonds. The smallest absolute Gasteiger partial charge is 0.386 e. The van der Waals surface area contributed by atoms with Gasteiger partial charge in [0.2, 0.25) is 0 Å². The van der Waals surface area contributed by atoms with Gasteiger partial charge in [-0.15, -0.1) is 0 Å². The number of nitrogens with zero attached hydrogens (tertiary/aromatic N) is 3. The minimum absolute atomic E-state index is 0. The molecule has 0 radical (unpaired) electrons. The Kier molecular flexibility index (Phi) is 11.8. The fraction of sp³-hybridized carbons (Fsp3) is 0.833. The van der Waals surface area contributed by atoms with Gasteiger partial charge in [0.15, 0.2) is 0 Å². The first-order valence-electron chi connectivity index (χ1n) is 2.57. The van der Waals surface area contributed by atoms with Crippen LogP contribution in [0.1, 0.15) is 20.8 Å². The largest absolute Gasteiger partial charge is 2.00 e. The van der Waals surface area contributed by atoms with E-state index in [4.69, 9.17) is 0 Å². The van der Waals surface area contributed by atoms with Crippen LogP contribution in [0.2, 0.25) is 0 Å². The molecule has 0 unspecified atom stereocenters. The predicted molar refractivity (Wildman–Crippen MR) is 40.3 cm³/mol. The van der Waals surface area contributed by atoms with Crippen LogP contribution in [0, 0.1) is 7.43 Å². The van der Waals surface area contributed by atoms with Crippen molar-refractivity contribution in [2.75, 3.05) is 7.05 Å². The molecule has 0 N–H and O–H groups in total. The van der Waals surface area contributed by atoms with E-state index in [1.807, 2.05) is 20.8 Å². The molecule has 0 aliphatic carbocycles. The van der Waals surface area contributed by atoms with Gasteiger partial charge in [-0.25, -0.2) is 0 Å². The third-order valence-electron chi connectivity index (χ3n) is 0.434. The van der Waals surface area contributed by atoms with E-state index in [2.05, 4.69) is 15.8 Å². The Morgan fingerprint density at radius 1 is 1.20 bits per heavy atom. The summed E-state index contributed by atoms with van der Waals surface area (Å²) in [5, 5.41) is 7.33. The fourth-order valence-corrected chi connectivity index (χ4v) is 0.179. The van der Waals surface area contributed by atoms with Gasteiger partial charge in [0, 0.05) is 0 Å². The van der Waals surface area contributed by atoms with Gasteiger partial charge in [0.05, 0.1) is 0 Å². The minimum atomic E-state index is -0.0838. The SMILES string of the molecule is C[N-]N=NC(C)(C)C.[CH3-].[Ru+2]. The van der Waals surface area contributed by atoms with Crippen molar-refractivity contribution >= 4 is 0 Å². The van der Waals surface area contributed by atoms with Crippen molar-refractivity contribution in [2.45, 2.75) is 26.3 Å². The number of hydrogen-bond acceptors (Lipinski definition) is 2. The molecule has 0 spiro atoms. The normalized spacial score (nSPS) is 10.0. The summed E-state index contributed by atoms with van der Waals surface area (Å²) in [6.07, 6.45) is 0. The molecule has 0 atom stereocenters. The third kappa shape index (κ3) is 15.7. The monoisotopic (exact) mass is 231 g/mol. The molecule has 0 saturated heterocycles. The van der Waals surface area contributed by atoms with Gasteiger partial charge in [-0.2, -0.15) is 0 Å². The quantitative estimate of drug-likeness (QED) is 0.287. The Labute approximate surface area is 76.4 Å². The van der Waals surface area contributed by atoms with Gasteiger partial charge >= 0.3 is 19.5 Å². The van der Waals surface area contributed by atoms with Crippen molar-refractivity contribution in [3.05, 3.63) is 12.9 Å². The molecule has 0 aliphatic heterocycles. The zero-order valence-electron chi connectivity index (χ0n) is 7.20. The van der Waals surface area contributed by atoms with E-state index in [-0.39, 0.29) is 32.4 Å². The van der Waals surface area contributed by atoms with Crippen LogP contribution in [0.25, 0.3) is 5.43 Å². The molecule has 10 heavy (non-hydrogen) atoms. The Hall–Kier alpha value is 0.0234. The molecule has 0 aromatic rings. The van der Waals surface area contributed by atoms with Crippen molar-refractivity contribution < 1.29 is 19.5 Å². The number of hydrogen-bond donors (Lipinski definition) is 0. The third-order valence-corrected chi connectivity index (χ3v) is 0.434. The molecule has 62 valence electrons. The minimum Gasteiger partial charge on any atom is -0.386 e. The molecule has 0 rings (SSSR count). The maximum atomic E-state index is 3.83. The van der Waals surface area contributed by atoms with Gasteiger partial charge in [0.25, 0.3) is 0 Å². The standard InChI is InChI=1S/C5H12N3.CH3.Ru/c1-5(2,3)7-8-6-4;;/h1-4H3;1H3;/q2*-1;+2. The van der Waals surface area contributed by atoms with Gasteiger partial charge < -0.3 is 18.0 Å². The van der Waals surface area contributed by atoms with Crippen LogP contribution in [0.5, 0.6) is 0 Å². The van der Waals surface area contributed by atoms with Crippen molar-refractivity contribution in [3.63, 3.8) is 0 Å². The van der Waals surface area contributed by atoms with E-state index in [1.165, 1.54) is 0 Å². The molecule has 0 aliphatic rings. The first-order chi connectivity index (χ1) is 3.56. The number of rotatable bonds is 1. The average molecular weight is 230 g/mol. The van der Waals surface area contributed by atoms with Crippen molar-refractivity contribution in [1.29, 1.82) is 0 Å². The summed E-state index contributed by atoms with van der Waals surface area (Å²) in [4.78, 5) is 0. The molecule has 0 saturated carbocycles. The van der Waals surface area contributed by atoms with Crippen molar-refractivity contribution in [1.82, 2.24) is 0 Å². The van der Waals surface area contributed by atoms with Gasteiger partial charge in [-0.05, 0) is 12.6 Å². The summed E-state index contributed by atoms with van der Waals surface area (Å²) < 4.78 is 0. The van der Waals surface area contributed by atoms with Gasteiger partial charge in [0.1, 0.15) is 0 Å². The van der Waals surface area contributed by atoms with E-state index < -0.39 is 0 Å². The van der Waals surface area contributed by atoms with Crippen LogP contribution in [-0.2, 0) is 19.5 Å². The topological polar surface area (TPSA) is 38.8 Å². The molecule has 0 aromatic carbocycles. The second-order valence-electron chi connectivity index (χ2n) is 2.56. The van der Waals surface area contributed by atoms with E-state index >= 15 is 0 Å². The van der Waals surface area contributed by atoms with E-state index in [0.29, 0.717) is 0 Å². The molecule has 0 aromatic heterocycles. The first kappa shape index (κ1) is 16.5. The summed E-state index contributed by atoms with van der Waals surface area (Å²) in [5.41, 5.74) is 3.40. The summed E-state index contributed by atoms with van der Waals surface area (Å²) >= 11 is 0. The van der Waals surface area contributed by atoms with Crippen LogP contribution in [0.3, 0.4) is 0 Å². The zero-order valence-corrected chi connectivity index (χ0v) is 8.93. The van der Waals surface area contributed by atoms with Crippen LogP contribution < -0.4 is 0 Å².